The number of benzene rings is 1. The predicted octanol–water partition coefficient (Wildman–Crippen LogP) is 3.30. The lowest BCUT2D eigenvalue weighted by Crippen LogP contribution is -2.24. The molecular formula is C15H21N5S. The number of hydrogen-bond acceptors (Lipinski definition) is 5. The van der Waals surface area contributed by atoms with Crippen LogP contribution in [0, 0.1) is 5.41 Å². The Labute approximate surface area is 129 Å². The Bertz CT molecular complexity index is 600. The molecule has 21 heavy (non-hydrogen) atoms. The van der Waals surface area contributed by atoms with Crippen LogP contribution in [0.1, 0.15) is 33.0 Å². The molecule has 112 valence electrons. The minimum absolute atomic E-state index is 0.0717. The molecule has 0 bridgehead atoms. The molecule has 1 aromatic heterocycles. The lowest BCUT2D eigenvalue weighted by molar-refractivity contribution is 0.554. The summed E-state index contributed by atoms with van der Waals surface area (Å²) < 4.78 is 4.46. The standard InChI is InChI=1S/C15H21N5S/c1-15(2,3)13-18-14(21-19-13)20(10-9-12(16)17)11-7-5-4-6-8-11/h4-8H,9-10H2,1-3H3,(H3,16,17). The number of aromatic nitrogens is 2. The zero-order valence-electron chi connectivity index (χ0n) is 12.6. The maximum atomic E-state index is 7.44. The third-order valence-corrected chi connectivity index (χ3v) is 3.73. The van der Waals surface area contributed by atoms with Gasteiger partial charge in [-0.15, -0.1) is 0 Å². The first-order valence-corrected chi connectivity index (χ1v) is 7.65. The van der Waals surface area contributed by atoms with E-state index in [9.17, 15) is 0 Å². The van der Waals surface area contributed by atoms with Crippen LogP contribution in [-0.2, 0) is 5.41 Å². The Morgan fingerprint density at radius 3 is 2.48 bits per heavy atom. The van der Waals surface area contributed by atoms with Gasteiger partial charge < -0.3 is 10.6 Å². The molecule has 0 fully saturated rings. The zero-order valence-corrected chi connectivity index (χ0v) is 13.4. The maximum Gasteiger partial charge on any atom is 0.209 e. The minimum atomic E-state index is -0.0717. The summed E-state index contributed by atoms with van der Waals surface area (Å²) in [7, 11) is 0. The van der Waals surface area contributed by atoms with E-state index in [4.69, 9.17) is 11.1 Å². The first-order chi connectivity index (χ1) is 9.88. The van der Waals surface area contributed by atoms with Crippen molar-refractivity contribution in [3.05, 3.63) is 36.2 Å². The van der Waals surface area contributed by atoms with Crippen molar-refractivity contribution in [2.75, 3.05) is 11.4 Å². The first-order valence-electron chi connectivity index (χ1n) is 6.87. The van der Waals surface area contributed by atoms with Crippen molar-refractivity contribution in [3.8, 4) is 0 Å². The fourth-order valence-electron chi connectivity index (χ4n) is 1.81. The van der Waals surface area contributed by atoms with Crippen molar-refractivity contribution in [1.82, 2.24) is 9.36 Å². The molecule has 1 heterocycles. The largest absolute Gasteiger partial charge is 0.388 e. The van der Waals surface area contributed by atoms with Crippen LogP contribution in [0.2, 0.25) is 0 Å². The van der Waals surface area contributed by atoms with Crippen LogP contribution in [0.25, 0.3) is 0 Å². The summed E-state index contributed by atoms with van der Waals surface area (Å²) in [5.74, 6) is 1.02. The van der Waals surface area contributed by atoms with Gasteiger partial charge in [0.1, 0.15) is 5.82 Å². The Morgan fingerprint density at radius 2 is 1.95 bits per heavy atom. The van der Waals surface area contributed by atoms with Crippen molar-refractivity contribution in [2.24, 2.45) is 5.73 Å². The summed E-state index contributed by atoms with van der Waals surface area (Å²) in [5.41, 5.74) is 6.46. The van der Waals surface area contributed by atoms with Gasteiger partial charge in [0.15, 0.2) is 0 Å². The summed E-state index contributed by atoms with van der Waals surface area (Å²) in [6, 6.07) is 10.0. The molecule has 0 aliphatic carbocycles. The van der Waals surface area contributed by atoms with Crippen LogP contribution in [0.3, 0.4) is 0 Å². The van der Waals surface area contributed by atoms with Gasteiger partial charge in [0, 0.05) is 35.6 Å². The number of rotatable bonds is 5. The molecule has 0 atom stereocenters. The highest BCUT2D eigenvalue weighted by molar-refractivity contribution is 7.09. The molecule has 0 saturated heterocycles. The fraction of sp³-hybridized carbons (Fsp3) is 0.400. The normalized spacial score (nSPS) is 11.4. The molecule has 0 spiro atoms. The zero-order chi connectivity index (χ0) is 15.5. The summed E-state index contributed by atoms with van der Waals surface area (Å²) in [4.78, 5) is 6.72. The Morgan fingerprint density at radius 1 is 1.29 bits per heavy atom. The number of nitrogens with two attached hydrogens (primary N) is 1. The molecule has 3 N–H and O–H groups in total. The van der Waals surface area contributed by atoms with Crippen molar-refractivity contribution in [1.29, 1.82) is 5.41 Å². The van der Waals surface area contributed by atoms with Gasteiger partial charge >= 0.3 is 0 Å². The Hall–Kier alpha value is -1.95. The van der Waals surface area contributed by atoms with E-state index in [1.807, 2.05) is 30.3 Å². The van der Waals surface area contributed by atoms with Gasteiger partial charge in [-0.2, -0.15) is 4.37 Å². The average molecular weight is 303 g/mol. The Balaban J connectivity index is 2.31. The van der Waals surface area contributed by atoms with Gasteiger partial charge in [-0.05, 0) is 12.1 Å². The average Bonchev–Trinajstić information content (AvgIpc) is 2.89. The maximum absolute atomic E-state index is 7.44. The summed E-state index contributed by atoms with van der Waals surface area (Å²) in [6.07, 6.45) is 0.499. The monoisotopic (exact) mass is 303 g/mol. The highest BCUT2D eigenvalue weighted by atomic mass is 32.1. The third kappa shape index (κ3) is 4.01. The van der Waals surface area contributed by atoms with E-state index in [0.29, 0.717) is 13.0 Å². The molecular weight excluding hydrogens is 282 g/mol. The van der Waals surface area contributed by atoms with Crippen molar-refractivity contribution >= 4 is 28.2 Å². The quantitative estimate of drug-likeness (QED) is 0.656. The van der Waals surface area contributed by atoms with Crippen LogP contribution >= 0.6 is 11.5 Å². The molecule has 0 aliphatic rings. The van der Waals surface area contributed by atoms with Crippen LogP contribution in [-0.4, -0.2) is 21.7 Å². The molecule has 2 rings (SSSR count). The molecule has 0 radical (unpaired) electrons. The van der Waals surface area contributed by atoms with Gasteiger partial charge in [0.25, 0.3) is 0 Å². The number of nitrogens with one attached hydrogen (secondary N) is 1. The van der Waals surface area contributed by atoms with Gasteiger partial charge in [-0.3, -0.25) is 5.41 Å². The highest BCUT2D eigenvalue weighted by Gasteiger charge is 2.22. The number of hydrogen-bond donors (Lipinski definition) is 2. The topological polar surface area (TPSA) is 78.9 Å². The van der Waals surface area contributed by atoms with E-state index in [0.717, 1.165) is 16.6 Å². The fourth-order valence-corrected chi connectivity index (χ4v) is 2.71. The molecule has 0 saturated carbocycles. The molecule has 5 nitrogen and oxygen atoms in total. The molecule has 2 aromatic rings. The van der Waals surface area contributed by atoms with Crippen molar-refractivity contribution in [2.45, 2.75) is 32.6 Å². The van der Waals surface area contributed by atoms with E-state index in [1.54, 1.807) is 0 Å². The smallest absolute Gasteiger partial charge is 0.209 e. The van der Waals surface area contributed by atoms with Crippen LogP contribution in [0.4, 0.5) is 10.8 Å². The minimum Gasteiger partial charge on any atom is -0.388 e. The first kappa shape index (κ1) is 15.4. The number of nitrogens with zero attached hydrogens (tertiary/aromatic N) is 3. The SMILES string of the molecule is CC(C)(C)c1nsc(N(CCC(=N)N)c2ccccc2)n1. The van der Waals surface area contributed by atoms with Crippen LogP contribution < -0.4 is 10.6 Å². The molecule has 6 heteroatoms. The predicted molar refractivity (Wildman–Crippen MR) is 88.6 cm³/mol. The van der Waals surface area contributed by atoms with Crippen molar-refractivity contribution in [3.63, 3.8) is 0 Å². The summed E-state index contributed by atoms with van der Waals surface area (Å²) in [5, 5.41) is 8.28. The number of anilines is 2. The molecule has 0 unspecified atom stereocenters. The Kier molecular flexibility index (Phi) is 4.57. The third-order valence-electron chi connectivity index (χ3n) is 2.99. The van der Waals surface area contributed by atoms with Crippen molar-refractivity contribution < 1.29 is 0 Å². The lowest BCUT2D eigenvalue weighted by atomic mass is 9.96. The molecule has 0 aliphatic heterocycles. The van der Waals surface area contributed by atoms with E-state index in [2.05, 4.69) is 35.0 Å². The van der Waals surface area contributed by atoms with Gasteiger partial charge in [-0.25, -0.2) is 4.98 Å². The number of amidine groups is 1. The second-order valence-corrected chi connectivity index (χ2v) is 6.64. The van der Waals surface area contributed by atoms with E-state index in [-0.39, 0.29) is 11.3 Å². The summed E-state index contributed by atoms with van der Waals surface area (Å²) >= 11 is 1.38. The number of para-hydroxylation sites is 1. The van der Waals surface area contributed by atoms with Gasteiger partial charge in [-0.1, -0.05) is 39.0 Å². The molecule has 0 amide bonds. The van der Waals surface area contributed by atoms with E-state index in [1.165, 1.54) is 11.5 Å². The highest BCUT2D eigenvalue weighted by Crippen LogP contribution is 2.30. The second kappa shape index (κ2) is 6.22. The van der Waals surface area contributed by atoms with Crippen LogP contribution in [0.15, 0.2) is 30.3 Å². The second-order valence-electron chi connectivity index (χ2n) is 5.91. The van der Waals surface area contributed by atoms with E-state index < -0.39 is 0 Å². The lowest BCUT2D eigenvalue weighted by Gasteiger charge is -2.21. The van der Waals surface area contributed by atoms with Crippen LogP contribution in [0.5, 0.6) is 0 Å². The van der Waals surface area contributed by atoms with E-state index >= 15 is 0 Å². The van der Waals surface area contributed by atoms with Gasteiger partial charge in [0.2, 0.25) is 5.13 Å². The summed E-state index contributed by atoms with van der Waals surface area (Å²) in [6.45, 7) is 6.92. The van der Waals surface area contributed by atoms with Gasteiger partial charge in [0.05, 0.1) is 5.84 Å². The molecule has 1 aromatic carbocycles.